The summed E-state index contributed by atoms with van der Waals surface area (Å²) in [4.78, 5) is 0. The van der Waals surface area contributed by atoms with Crippen LogP contribution in [-0.4, -0.2) is 18.3 Å². The number of fused-ring (bicyclic) bond motifs is 1. The lowest BCUT2D eigenvalue weighted by Crippen LogP contribution is -2.17. The van der Waals surface area contributed by atoms with E-state index in [1.165, 1.54) is 0 Å². The predicted molar refractivity (Wildman–Crippen MR) is 65.8 cm³/mol. The van der Waals surface area contributed by atoms with Crippen LogP contribution in [0.2, 0.25) is 0 Å². The van der Waals surface area contributed by atoms with E-state index in [1.54, 1.807) is 11.3 Å². The molecule has 2 aromatic rings. The molecule has 0 bridgehead atoms. The summed E-state index contributed by atoms with van der Waals surface area (Å²) in [6, 6.07) is 7.52. The van der Waals surface area contributed by atoms with Gasteiger partial charge in [0.25, 0.3) is 0 Å². The fraction of sp³-hybridized carbons (Fsp3) is 0.231. The lowest BCUT2D eigenvalue weighted by Gasteiger charge is -2.22. The number of hydrogen-bond acceptors (Lipinski definition) is 4. The summed E-state index contributed by atoms with van der Waals surface area (Å²) in [5.74, 6) is 1.38. The quantitative estimate of drug-likeness (QED) is 0.887. The third-order valence-corrected chi connectivity index (χ3v) is 3.45. The van der Waals surface area contributed by atoms with Crippen molar-refractivity contribution in [3.63, 3.8) is 0 Å². The van der Waals surface area contributed by atoms with Gasteiger partial charge in [-0.15, -0.1) is 0 Å². The summed E-state index contributed by atoms with van der Waals surface area (Å²) < 4.78 is 11.1. The van der Waals surface area contributed by atoms with Crippen LogP contribution in [-0.2, 0) is 0 Å². The van der Waals surface area contributed by atoms with Gasteiger partial charge >= 0.3 is 0 Å². The Bertz CT molecular complexity index is 507. The monoisotopic (exact) mass is 248 g/mol. The van der Waals surface area contributed by atoms with Crippen molar-refractivity contribution in [2.24, 2.45) is 0 Å². The van der Waals surface area contributed by atoms with E-state index >= 15 is 0 Å². The standard InChI is InChI=1S/C13H12O3S/c14-12(9-4-7-17-8-9)10-2-1-3-11-13(10)16-6-5-15-11/h1-4,7-8,12,14H,5-6H2. The first-order valence-electron chi connectivity index (χ1n) is 5.45. The minimum atomic E-state index is -0.655. The summed E-state index contributed by atoms with van der Waals surface area (Å²) >= 11 is 1.57. The third kappa shape index (κ3) is 1.90. The lowest BCUT2D eigenvalue weighted by atomic mass is 10.0. The maximum atomic E-state index is 10.3. The van der Waals surface area contributed by atoms with Gasteiger partial charge in [-0.2, -0.15) is 11.3 Å². The highest BCUT2D eigenvalue weighted by atomic mass is 32.1. The normalized spacial score (nSPS) is 15.6. The molecule has 88 valence electrons. The van der Waals surface area contributed by atoms with Gasteiger partial charge in [0.1, 0.15) is 19.3 Å². The van der Waals surface area contributed by atoms with Crippen LogP contribution in [0.25, 0.3) is 0 Å². The van der Waals surface area contributed by atoms with Crippen molar-refractivity contribution in [1.82, 2.24) is 0 Å². The largest absolute Gasteiger partial charge is 0.486 e. The molecule has 0 fully saturated rings. The Morgan fingerprint density at radius 1 is 1.18 bits per heavy atom. The summed E-state index contributed by atoms with van der Waals surface area (Å²) in [6.45, 7) is 1.09. The Hall–Kier alpha value is -1.52. The van der Waals surface area contributed by atoms with Crippen molar-refractivity contribution in [3.8, 4) is 11.5 Å². The number of benzene rings is 1. The van der Waals surface area contributed by atoms with E-state index in [-0.39, 0.29) is 0 Å². The molecular formula is C13H12O3S. The zero-order chi connectivity index (χ0) is 11.7. The second kappa shape index (κ2) is 4.39. The molecular weight excluding hydrogens is 236 g/mol. The van der Waals surface area contributed by atoms with E-state index in [0.717, 1.165) is 11.1 Å². The number of para-hydroxylation sites is 1. The first kappa shape index (κ1) is 10.6. The smallest absolute Gasteiger partial charge is 0.167 e. The molecule has 0 spiro atoms. The Kier molecular flexibility index (Phi) is 2.74. The molecule has 0 saturated carbocycles. The fourth-order valence-corrected chi connectivity index (χ4v) is 2.60. The number of aliphatic hydroxyl groups is 1. The molecule has 3 nitrogen and oxygen atoms in total. The Morgan fingerprint density at radius 2 is 2.06 bits per heavy atom. The molecule has 1 aliphatic rings. The van der Waals surface area contributed by atoms with Crippen molar-refractivity contribution in [1.29, 1.82) is 0 Å². The van der Waals surface area contributed by atoms with Gasteiger partial charge in [-0.1, -0.05) is 12.1 Å². The highest BCUT2D eigenvalue weighted by Crippen LogP contribution is 2.39. The van der Waals surface area contributed by atoms with Gasteiger partial charge in [0.05, 0.1) is 0 Å². The summed E-state index contributed by atoms with van der Waals surface area (Å²) in [6.07, 6.45) is -0.655. The van der Waals surface area contributed by atoms with Crippen LogP contribution in [0.3, 0.4) is 0 Å². The van der Waals surface area contributed by atoms with E-state index in [9.17, 15) is 5.11 Å². The van der Waals surface area contributed by atoms with Gasteiger partial charge in [0.2, 0.25) is 0 Å². The molecule has 3 rings (SSSR count). The van der Waals surface area contributed by atoms with Gasteiger partial charge in [0, 0.05) is 5.56 Å². The van der Waals surface area contributed by atoms with Crippen LogP contribution in [0.1, 0.15) is 17.2 Å². The zero-order valence-corrected chi connectivity index (χ0v) is 9.94. The number of rotatable bonds is 2. The van der Waals surface area contributed by atoms with Crippen LogP contribution in [0.5, 0.6) is 11.5 Å². The Labute approximate surface area is 103 Å². The van der Waals surface area contributed by atoms with Gasteiger partial charge in [-0.25, -0.2) is 0 Å². The maximum Gasteiger partial charge on any atom is 0.167 e. The molecule has 17 heavy (non-hydrogen) atoms. The second-order valence-corrected chi connectivity index (χ2v) is 4.61. The molecule has 2 heterocycles. The molecule has 0 radical (unpaired) electrons. The summed E-state index contributed by atoms with van der Waals surface area (Å²) in [5.41, 5.74) is 1.65. The van der Waals surface area contributed by atoms with Crippen LogP contribution >= 0.6 is 11.3 Å². The summed E-state index contributed by atoms with van der Waals surface area (Å²) in [7, 11) is 0. The fourth-order valence-electron chi connectivity index (χ4n) is 1.92. The SMILES string of the molecule is OC(c1ccsc1)c1cccc2c1OCCO2. The molecule has 1 atom stereocenters. The van der Waals surface area contributed by atoms with Crippen LogP contribution in [0, 0.1) is 0 Å². The first-order chi connectivity index (χ1) is 8.36. The molecule has 0 saturated heterocycles. The average Bonchev–Trinajstić information content (AvgIpc) is 2.91. The molecule has 1 aliphatic heterocycles. The van der Waals surface area contributed by atoms with E-state index in [0.29, 0.717) is 24.7 Å². The van der Waals surface area contributed by atoms with E-state index < -0.39 is 6.10 Å². The van der Waals surface area contributed by atoms with Crippen LogP contribution in [0.4, 0.5) is 0 Å². The molecule has 1 N–H and O–H groups in total. The average molecular weight is 248 g/mol. The molecule has 4 heteroatoms. The minimum Gasteiger partial charge on any atom is -0.486 e. The lowest BCUT2D eigenvalue weighted by molar-refractivity contribution is 0.158. The summed E-state index contributed by atoms with van der Waals surface area (Å²) in [5, 5.41) is 14.2. The molecule has 1 aromatic heterocycles. The third-order valence-electron chi connectivity index (χ3n) is 2.75. The number of aliphatic hydroxyl groups excluding tert-OH is 1. The minimum absolute atomic E-state index is 0.528. The topological polar surface area (TPSA) is 38.7 Å². The second-order valence-electron chi connectivity index (χ2n) is 3.83. The highest BCUT2D eigenvalue weighted by Gasteiger charge is 2.21. The van der Waals surface area contributed by atoms with Gasteiger partial charge in [0.15, 0.2) is 11.5 Å². The molecule has 1 unspecified atom stereocenters. The van der Waals surface area contributed by atoms with Crippen molar-refractivity contribution >= 4 is 11.3 Å². The number of thiophene rings is 1. The van der Waals surface area contributed by atoms with Crippen molar-refractivity contribution in [2.75, 3.05) is 13.2 Å². The van der Waals surface area contributed by atoms with Gasteiger partial charge in [-0.3, -0.25) is 0 Å². The maximum absolute atomic E-state index is 10.3. The zero-order valence-electron chi connectivity index (χ0n) is 9.13. The molecule has 0 aliphatic carbocycles. The van der Waals surface area contributed by atoms with Crippen molar-refractivity contribution in [3.05, 3.63) is 46.2 Å². The number of hydrogen-bond donors (Lipinski definition) is 1. The molecule has 1 aromatic carbocycles. The van der Waals surface area contributed by atoms with E-state index in [2.05, 4.69) is 0 Å². The Balaban J connectivity index is 2.03. The number of ether oxygens (including phenoxy) is 2. The van der Waals surface area contributed by atoms with E-state index in [4.69, 9.17) is 9.47 Å². The Morgan fingerprint density at radius 3 is 2.88 bits per heavy atom. The van der Waals surface area contributed by atoms with Crippen LogP contribution in [0.15, 0.2) is 35.0 Å². The van der Waals surface area contributed by atoms with Crippen molar-refractivity contribution in [2.45, 2.75) is 6.10 Å². The van der Waals surface area contributed by atoms with E-state index in [1.807, 2.05) is 35.0 Å². The van der Waals surface area contributed by atoms with Gasteiger partial charge in [-0.05, 0) is 28.5 Å². The predicted octanol–water partition coefficient (Wildman–Crippen LogP) is 2.60. The van der Waals surface area contributed by atoms with Crippen LogP contribution < -0.4 is 9.47 Å². The molecule has 0 amide bonds. The first-order valence-corrected chi connectivity index (χ1v) is 6.39. The van der Waals surface area contributed by atoms with Gasteiger partial charge < -0.3 is 14.6 Å². The van der Waals surface area contributed by atoms with Crippen molar-refractivity contribution < 1.29 is 14.6 Å². The highest BCUT2D eigenvalue weighted by molar-refractivity contribution is 7.07.